The Bertz CT molecular complexity index is 1460. The summed E-state index contributed by atoms with van der Waals surface area (Å²) >= 11 is 0. The summed E-state index contributed by atoms with van der Waals surface area (Å²) in [7, 11) is -9.56. The van der Waals surface area contributed by atoms with Crippen LogP contribution in [-0.2, 0) is 20.2 Å². The molecular formula is C24H34N6O9P2. The Kier molecular flexibility index (Phi) is 9.96. The van der Waals surface area contributed by atoms with Gasteiger partial charge in [0.1, 0.15) is 12.2 Å². The number of nitrogens with zero attached hydrogens (tertiary/aromatic N) is 5. The third kappa shape index (κ3) is 7.98. The van der Waals surface area contributed by atoms with Crippen LogP contribution in [0.1, 0.15) is 31.6 Å². The fraction of sp³-hybridized carbons (Fsp3) is 0.458. The maximum absolute atomic E-state index is 12.0. The maximum atomic E-state index is 12.0. The largest absolute Gasteiger partial charge is 0.386 e. The number of hydrogen-bond acceptors (Lipinski definition) is 11. The molecule has 1 aliphatic heterocycles. The fourth-order valence-corrected chi connectivity index (χ4v) is 6.94. The van der Waals surface area contributed by atoms with E-state index in [1.54, 1.807) is 0 Å². The molecule has 1 aromatic carbocycles. The first-order chi connectivity index (χ1) is 19.4. The Labute approximate surface area is 235 Å². The quantitative estimate of drug-likeness (QED) is 0.107. The number of anilines is 2. The Morgan fingerprint density at radius 2 is 1.78 bits per heavy atom. The van der Waals surface area contributed by atoms with Gasteiger partial charge in [-0.1, -0.05) is 36.4 Å². The first-order valence-electron chi connectivity index (χ1n) is 12.9. The zero-order chi connectivity index (χ0) is 29.8. The Balaban J connectivity index is 1.57. The zero-order valence-corrected chi connectivity index (χ0v) is 24.1. The lowest BCUT2D eigenvalue weighted by molar-refractivity contribution is -0.0795. The second kappa shape index (κ2) is 13.1. The minimum absolute atomic E-state index is 0.0986. The molecule has 17 heteroatoms. The number of nitrogens with one attached hydrogen (secondary N) is 1. The molecule has 7 N–H and O–H groups in total. The lowest BCUT2D eigenvalue weighted by Gasteiger charge is -2.26. The standard InChI is InChI=1S/C24H34N6O9P2/c1-2-17(13-39-41(37,38)15-40(34,35)36)19(31)20(32)23(33)30-14-26-18-21(25-12-16-8-4-3-5-9-16)27-24(28-22(18)30)29-10-6-7-11-29/h2-5,8-9,14,19-20,23,31-33H,6-7,10-13,15H2,1H3,(H,37,38)(H,25,27,28)(H2,34,35,36)/b17-2-/t19-,20-,23-/m1/s1. The molecule has 1 saturated heterocycles. The number of benzene rings is 1. The summed E-state index contributed by atoms with van der Waals surface area (Å²) in [4.78, 5) is 43.3. The van der Waals surface area contributed by atoms with Crippen LogP contribution in [-0.4, -0.2) is 87.3 Å². The lowest BCUT2D eigenvalue weighted by Crippen LogP contribution is -2.37. The molecule has 3 heterocycles. The number of aromatic nitrogens is 4. The van der Waals surface area contributed by atoms with Gasteiger partial charge in [-0.2, -0.15) is 9.97 Å². The van der Waals surface area contributed by atoms with Crippen LogP contribution < -0.4 is 10.2 Å². The first kappa shape index (κ1) is 31.2. The van der Waals surface area contributed by atoms with Crippen LogP contribution in [0, 0.1) is 0 Å². The van der Waals surface area contributed by atoms with E-state index in [1.165, 1.54) is 23.9 Å². The van der Waals surface area contributed by atoms with Gasteiger partial charge in [-0.05, 0) is 30.9 Å². The number of rotatable bonds is 13. The normalized spacial score (nSPS) is 18.3. The summed E-state index contributed by atoms with van der Waals surface area (Å²) in [5, 5.41) is 36.0. The van der Waals surface area contributed by atoms with Crippen LogP contribution in [0.2, 0.25) is 0 Å². The highest BCUT2D eigenvalue weighted by atomic mass is 31.2. The van der Waals surface area contributed by atoms with Crippen molar-refractivity contribution in [1.82, 2.24) is 19.5 Å². The summed E-state index contributed by atoms with van der Waals surface area (Å²) in [5.41, 5.74) is 1.45. The van der Waals surface area contributed by atoms with Crippen molar-refractivity contribution < 1.29 is 43.7 Å². The molecule has 0 saturated carbocycles. The van der Waals surface area contributed by atoms with Gasteiger partial charge in [-0.25, -0.2) is 4.98 Å². The van der Waals surface area contributed by atoms with Crippen molar-refractivity contribution in [3.8, 4) is 0 Å². The van der Waals surface area contributed by atoms with Crippen molar-refractivity contribution >= 4 is 38.1 Å². The molecular weight excluding hydrogens is 578 g/mol. The minimum Gasteiger partial charge on any atom is -0.386 e. The van der Waals surface area contributed by atoms with E-state index in [0.717, 1.165) is 31.5 Å². The van der Waals surface area contributed by atoms with Crippen LogP contribution >= 0.6 is 15.2 Å². The molecule has 0 spiro atoms. The molecule has 0 aliphatic carbocycles. The predicted octanol–water partition coefficient (Wildman–Crippen LogP) is 1.53. The van der Waals surface area contributed by atoms with Gasteiger partial charge in [0.15, 0.2) is 29.1 Å². The zero-order valence-electron chi connectivity index (χ0n) is 22.3. The molecule has 2 aromatic heterocycles. The molecule has 4 rings (SSSR count). The lowest BCUT2D eigenvalue weighted by atomic mass is 10.0. The highest BCUT2D eigenvalue weighted by Crippen LogP contribution is 2.55. The van der Waals surface area contributed by atoms with Crippen LogP contribution in [0.4, 0.5) is 11.8 Å². The van der Waals surface area contributed by atoms with Crippen LogP contribution in [0.5, 0.6) is 0 Å². The Morgan fingerprint density at radius 3 is 2.41 bits per heavy atom. The van der Waals surface area contributed by atoms with E-state index >= 15 is 0 Å². The number of aliphatic hydroxyl groups excluding tert-OH is 3. The molecule has 1 unspecified atom stereocenters. The summed E-state index contributed by atoms with van der Waals surface area (Å²) in [6, 6.07) is 9.66. The summed E-state index contributed by atoms with van der Waals surface area (Å²) in [6.45, 7) is 2.69. The summed E-state index contributed by atoms with van der Waals surface area (Å²) in [5.74, 6) is -0.562. The van der Waals surface area contributed by atoms with Gasteiger partial charge in [-0.15, -0.1) is 0 Å². The average Bonchev–Trinajstić information content (AvgIpc) is 3.61. The summed E-state index contributed by atoms with van der Waals surface area (Å²) in [6.07, 6.45) is -0.900. The first-order valence-corrected chi connectivity index (χ1v) is 16.4. The predicted molar refractivity (Wildman–Crippen MR) is 150 cm³/mol. The second-order valence-corrected chi connectivity index (χ2v) is 13.7. The number of allylic oxidation sites excluding steroid dienone is 1. The smallest absolute Gasteiger partial charge is 0.340 e. The fourth-order valence-electron chi connectivity index (χ4n) is 4.40. The highest BCUT2D eigenvalue weighted by Gasteiger charge is 2.34. The van der Waals surface area contributed by atoms with Crippen LogP contribution in [0.15, 0.2) is 48.3 Å². The molecule has 15 nitrogen and oxygen atoms in total. The molecule has 0 amide bonds. The molecule has 41 heavy (non-hydrogen) atoms. The number of imidazole rings is 1. The van der Waals surface area contributed by atoms with E-state index < -0.39 is 46.1 Å². The second-order valence-electron chi connectivity index (χ2n) is 9.66. The highest BCUT2D eigenvalue weighted by molar-refractivity contribution is 7.70. The van der Waals surface area contributed by atoms with Gasteiger partial charge >= 0.3 is 15.2 Å². The van der Waals surface area contributed by atoms with Crippen molar-refractivity contribution in [2.45, 2.75) is 44.7 Å². The average molecular weight is 613 g/mol. The monoisotopic (exact) mass is 612 g/mol. The van der Waals surface area contributed by atoms with Gasteiger partial charge in [0, 0.05) is 19.6 Å². The van der Waals surface area contributed by atoms with Crippen molar-refractivity contribution in [3.63, 3.8) is 0 Å². The van der Waals surface area contributed by atoms with Gasteiger partial charge in [0.05, 0.1) is 12.9 Å². The number of hydrogen-bond donors (Lipinski definition) is 7. The van der Waals surface area contributed by atoms with Crippen molar-refractivity contribution in [2.75, 3.05) is 35.8 Å². The molecule has 4 atom stereocenters. The SMILES string of the molecule is C/C=C(/COP(=O)(O)CP(=O)(O)O)[C@@H](O)[C@@H](O)[C@@H](O)n1cnc2c(NCc3ccccc3)nc(N3CCCC3)nc21. The minimum atomic E-state index is -4.85. The number of aliphatic hydroxyl groups is 3. The van der Waals surface area contributed by atoms with Crippen molar-refractivity contribution in [1.29, 1.82) is 0 Å². The van der Waals surface area contributed by atoms with Crippen molar-refractivity contribution in [2.24, 2.45) is 0 Å². The molecule has 224 valence electrons. The Hall–Kier alpha value is -2.71. The van der Waals surface area contributed by atoms with Crippen LogP contribution in [0.3, 0.4) is 0 Å². The van der Waals surface area contributed by atoms with Gasteiger partial charge < -0.3 is 44.7 Å². The third-order valence-electron chi connectivity index (χ3n) is 6.56. The van der Waals surface area contributed by atoms with Gasteiger partial charge in [0.2, 0.25) is 5.95 Å². The van der Waals surface area contributed by atoms with Gasteiger partial charge in [-0.3, -0.25) is 13.7 Å². The van der Waals surface area contributed by atoms with E-state index in [0.29, 0.717) is 23.8 Å². The Morgan fingerprint density at radius 1 is 1.10 bits per heavy atom. The molecule has 1 fully saturated rings. The molecule has 3 aromatic rings. The molecule has 1 aliphatic rings. The molecule has 0 bridgehead atoms. The molecule has 0 radical (unpaired) electrons. The van der Waals surface area contributed by atoms with E-state index in [-0.39, 0.29) is 11.2 Å². The van der Waals surface area contributed by atoms with Crippen molar-refractivity contribution in [3.05, 3.63) is 53.9 Å². The van der Waals surface area contributed by atoms with Crippen LogP contribution in [0.25, 0.3) is 11.2 Å². The van der Waals surface area contributed by atoms with E-state index in [2.05, 4.69) is 20.3 Å². The van der Waals surface area contributed by atoms with Gasteiger partial charge in [0.25, 0.3) is 0 Å². The third-order valence-corrected chi connectivity index (χ3v) is 10.00. The van der Waals surface area contributed by atoms with E-state index in [1.807, 2.05) is 35.2 Å². The van der Waals surface area contributed by atoms with E-state index in [4.69, 9.17) is 14.3 Å². The van der Waals surface area contributed by atoms with E-state index in [9.17, 15) is 29.3 Å². The number of fused-ring (bicyclic) bond motifs is 1. The topological polar surface area (TPSA) is 224 Å². The maximum Gasteiger partial charge on any atom is 0.340 e. The summed E-state index contributed by atoms with van der Waals surface area (Å²) < 4.78 is 29.1.